The molecule has 8 nitrogen and oxygen atoms in total. The van der Waals surface area contributed by atoms with Crippen LogP contribution in [0, 0.1) is 16.5 Å². The number of hydrogen-bond acceptors (Lipinski definition) is 6. The van der Waals surface area contributed by atoms with Crippen LogP contribution in [0.5, 0.6) is 0 Å². The first-order valence-electron chi connectivity index (χ1n) is 8.43. The van der Waals surface area contributed by atoms with Crippen LogP contribution in [-0.2, 0) is 19.6 Å². The number of carbonyl (C=O) groups excluding carboxylic acids is 1. The van der Waals surface area contributed by atoms with Gasteiger partial charge in [0.2, 0.25) is 10.0 Å². The molecule has 0 amide bonds. The summed E-state index contributed by atoms with van der Waals surface area (Å²) >= 11 is 0. The van der Waals surface area contributed by atoms with E-state index in [0.717, 1.165) is 36.1 Å². The molecule has 0 fully saturated rings. The first-order valence-corrected chi connectivity index (χ1v) is 9.87. The van der Waals surface area contributed by atoms with Crippen molar-refractivity contribution in [1.29, 1.82) is 0 Å². The number of unbranched alkanes of at least 4 members (excludes halogenated alkanes) is 3. The molecule has 1 rings (SSSR count). The molecule has 27 heavy (non-hydrogen) atoms. The van der Waals surface area contributed by atoms with E-state index in [9.17, 15) is 23.3 Å². The molecule has 0 saturated carbocycles. The van der Waals surface area contributed by atoms with Crippen LogP contribution in [-0.4, -0.2) is 43.3 Å². The number of carbonyl (C=O) groups is 1. The maximum absolute atomic E-state index is 13.1. The smallest absolute Gasteiger partial charge is 0.289 e. The van der Waals surface area contributed by atoms with E-state index >= 15 is 0 Å². The fraction of sp³-hybridized carbons (Fsp3) is 0.529. The SMILES string of the molecule is CCCCCCN(C(C)[CH-]C(=O)OC)S(=O)(=O)c1ccccc1[N+](=O)[O-].[Rf]. The van der Waals surface area contributed by atoms with Crippen LogP contribution in [0.15, 0.2) is 29.2 Å². The molecule has 148 valence electrons. The number of methoxy groups -OCH3 is 1. The molecule has 0 saturated heterocycles. The summed E-state index contributed by atoms with van der Waals surface area (Å²) in [5.41, 5.74) is -0.490. The summed E-state index contributed by atoms with van der Waals surface area (Å²) in [6.07, 6.45) is 4.50. The molecule has 10 heteroatoms. The predicted octanol–water partition coefficient (Wildman–Crippen LogP) is 2.93. The minimum Gasteiger partial charge on any atom is -0.491 e. The molecular weight excluding hydrogens is 627 g/mol. The Kier molecular flexibility index (Phi) is 9.52. The molecule has 0 heterocycles. The zero-order valence-corrected chi connectivity index (χ0v) is 23.2. The van der Waals surface area contributed by atoms with E-state index < -0.39 is 32.6 Å². The molecule has 1 aromatic carbocycles. The van der Waals surface area contributed by atoms with Gasteiger partial charge in [0, 0.05) is 12.6 Å². The number of nitrogens with zero attached hydrogens (tertiary/aromatic N) is 2. The number of nitro benzene ring substituents is 1. The van der Waals surface area contributed by atoms with E-state index in [1.807, 2.05) is 6.92 Å². The number of nitro groups is 1. The summed E-state index contributed by atoms with van der Waals surface area (Å²) in [7, 11) is -2.96. The fourth-order valence-electron chi connectivity index (χ4n) is 2.54. The number of esters is 1. The van der Waals surface area contributed by atoms with Gasteiger partial charge in [-0.2, -0.15) is 0 Å². The van der Waals surface area contributed by atoms with Gasteiger partial charge in [0.05, 0.1) is 12.0 Å². The largest absolute Gasteiger partial charge is 0.491 e. The van der Waals surface area contributed by atoms with Crippen molar-refractivity contribution in [3.8, 4) is 0 Å². The average Bonchev–Trinajstić information content (AvgIpc) is 2.61. The Morgan fingerprint density at radius 3 is 2.48 bits per heavy atom. The Bertz CT molecular complexity index is 726. The fourth-order valence-corrected chi connectivity index (χ4v) is 4.32. The molecule has 0 aliphatic heterocycles. The normalized spacial score (nSPS) is 12.1. The van der Waals surface area contributed by atoms with Crippen LogP contribution in [0.25, 0.3) is 0 Å². The van der Waals surface area contributed by atoms with Gasteiger partial charge in [0.25, 0.3) is 5.69 Å². The molecule has 0 N–H and O–H groups in total. The quantitative estimate of drug-likeness (QED) is 0.120. The Balaban J connectivity index is 0.00000676. The van der Waals surface area contributed by atoms with Gasteiger partial charge in [-0.05, 0) is 12.5 Å². The van der Waals surface area contributed by atoms with Gasteiger partial charge in [-0.1, -0.05) is 51.3 Å². The number of rotatable bonds is 11. The molecule has 0 aromatic heterocycles. The molecule has 0 spiro atoms. The van der Waals surface area contributed by atoms with Gasteiger partial charge >= 0.3 is 0 Å². The minimum atomic E-state index is -4.16. The third-order valence-electron chi connectivity index (χ3n) is 3.91. The van der Waals surface area contributed by atoms with Gasteiger partial charge < -0.3 is 4.74 Å². The zero-order valence-electron chi connectivity index (χ0n) is 16.0. The van der Waals surface area contributed by atoms with E-state index in [0.29, 0.717) is 6.42 Å². The number of sulfonamides is 1. The maximum atomic E-state index is 13.1. The monoisotopic (exact) mass is 652 g/mol. The Morgan fingerprint density at radius 1 is 1.30 bits per heavy atom. The number of benzene rings is 1. The first kappa shape index (κ1) is 23.9. The van der Waals surface area contributed by atoms with Crippen molar-refractivity contribution in [3.05, 3.63) is 40.8 Å². The van der Waals surface area contributed by atoms with Crippen molar-refractivity contribution in [2.45, 2.75) is 50.5 Å². The summed E-state index contributed by atoms with van der Waals surface area (Å²) in [5.74, 6) is -0.659. The second kappa shape index (κ2) is 10.8. The van der Waals surface area contributed by atoms with Crippen LogP contribution in [0.3, 0.4) is 0 Å². The van der Waals surface area contributed by atoms with Gasteiger partial charge in [-0.3, -0.25) is 21.3 Å². The van der Waals surface area contributed by atoms with Gasteiger partial charge in [-0.25, -0.2) is 12.7 Å². The van der Waals surface area contributed by atoms with E-state index in [2.05, 4.69) is 4.74 Å². The van der Waals surface area contributed by atoms with E-state index in [1.165, 1.54) is 25.3 Å². The summed E-state index contributed by atoms with van der Waals surface area (Å²) < 4.78 is 31.8. The maximum Gasteiger partial charge on any atom is 0.289 e. The number of para-hydroxylation sites is 1. The van der Waals surface area contributed by atoms with Crippen molar-refractivity contribution >= 4 is 21.7 Å². The Morgan fingerprint density at radius 2 is 1.93 bits per heavy atom. The van der Waals surface area contributed by atoms with Crippen LogP contribution in [0.1, 0.15) is 39.5 Å². The third-order valence-corrected chi connectivity index (χ3v) is 5.95. The minimum absolute atomic E-state index is 0. The van der Waals surface area contributed by atoms with E-state index in [1.54, 1.807) is 6.92 Å². The second-order valence-electron chi connectivity index (χ2n) is 5.83. The van der Waals surface area contributed by atoms with Crippen LogP contribution in [0.2, 0.25) is 0 Å². The first-order chi connectivity index (χ1) is 12.3. The number of ether oxygens (including phenoxy) is 1. The van der Waals surface area contributed by atoms with E-state index in [-0.39, 0.29) is 11.4 Å². The topological polar surface area (TPSA) is 107 Å². The van der Waals surface area contributed by atoms with Crippen LogP contribution >= 0.6 is 0 Å². The summed E-state index contributed by atoms with van der Waals surface area (Å²) in [6, 6.07) is 4.40. The van der Waals surface area contributed by atoms with E-state index in [4.69, 9.17) is 0 Å². The van der Waals surface area contributed by atoms with Gasteiger partial charge in [0.1, 0.15) is 0 Å². The molecule has 0 radical (unpaired) electrons. The number of hydrogen-bond donors (Lipinski definition) is 0. The Hall–Kier alpha value is -3.13. The van der Waals surface area contributed by atoms with Crippen molar-refractivity contribution < 1.29 is 22.9 Å². The zero-order chi connectivity index (χ0) is 19.7. The Labute approximate surface area is 154 Å². The summed E-state index contributed by atoms with van der Waals surface area (Å²) in [6.45, 7) is 3.74. The molecule has 0 bridgehead atoms. The molecule has 1 atom stereocenters. The molecule has 1 aromatic rings. The summed E-state index contributed by atoms with van der Waals surface area (Å²) in [4.78, 5) is 21.6. The van der Waals surface area contributed by atoms with Crippen molar-refractivity contribution in [2.24, 2.45) is 0 Å². The van der Waals surface area contributed by atoms with Gasteiger partial charge in [0.15, 0.2) is 10.9 Å². The van der Waals surface area contributed by atoms with Crippen molar-refractivity contribution in [2.75, 3.05) is 13.7 Å². The van der Waals surface area contributed by atoms with Crippen LogP contribution < -0.4 is 0 Å². The molecule has 1 unspecified atom stereocenters. The second-order valence-corrected chi connectivity index (χ2v) is 7.69. The molecular formula is C17H25N2O6RfS-. The standard InChI is InChI=1S/C17H25N2O6S.Rf/c1-4-5-6-9-12-18(14(2)13-17(20)25-3)26(23,24)16-11-8-7-10-15(16)19(21)22;/h7-8,10-11,13-14H,4-6,9,12H2,1-3H3;/q-1;. The van der Waals surface area contributed by atoms with Crippen molar-refractivity contribution in [3.63, 3.8) is 0 Å². The molecule has 0 aliphatic carbocycles. The average molecular weight is 652 g/mol. The third kappa shape index (κ3) is 6.27. The molecule has 0 aliphatic rings. The van der Waals surface area contributed by atoms with Crippen LogP contribution in [0.4, 0.5) is 5.69 Å². The van der Waals surface area contributed by atoms with Crippen molar-refractivity contribution in [1.82, 2.24) is 4.31 Å². The predicted molar refractivity (Wildman–Crippen MR) is 96.9 cm³/mol. The summed E-state index contributed by atoms with van der Waals surface area (Å²) in [5, 5.41) is 11.2. The van der Waals surface area contributed by atoms with Gasteiger partial charge in [-0.15, -0.1) is 0 Å².